The number of hydrazone groups is 1. The van der Waals surface area contributed by atoms with E-state index in [0.717, 1.165) is 38.8 Å². The molecular formula is C23H18N6. The van der Waals surface area contributed by atoms with Crippen LogP contribution in [0.15, 0.2) is 84.0 Å². The smallest absolute Gasteiger partial charge is 0.265 e. The highest BCUT2D eigenvalue weighted by atomic mass is 15.4. The van der Waals surface area contributed by atoms with E-state index in [4.69, 9.17) is 0 Å². The number of para-hydroxylation sites is 1. The molecule has 5 rings (SSSR count). The molecule has 0 atom stereocenters. The van der Waals surface area contributed by atoms with Gasteiger partial charge in [-0.3, -0.25) is 0 Å². The van der Waals surface area contributed by atoms with E-state index >= 15 is 0 Å². The molecule has 2 heterocycles. The van der Waals surface area contributed by atoms with Gasteiger partial charge in [-0.15, -0.1) is 10.2 Å². The van der Waals surface area contributed by atoms with Crippen molar-refractivity contribution in [3.8, 4) is 11.1 Å². The quantitative estimate of drug-likeness (QED) is 0.366. The van der Waals surface area contributed by atoms with Crippen LogP contribution in [0.25, 0.3) is 33.2 Å². The van der Waals surface area contributed by atoms with Crippen molar-refractivity contribution < 1.29 is 0 Å². The van der Waals surface area contributed by atoms with Gasteiger partial charge in [0.1, 0.15) is 5.52 Å². The zero-order chi connectivity index (χ0) is 19.6. The molecule has 6 nitrogen and oxygen atoms in total. The second-order valence-electron chi connectivity index (χ2n) is 6.71. The zero-order valence-electron chi connectivity index (χ0n) is 15.8. The van der Waals surface area contributed by atoms with Crippen molar-refractivity contribution in [3.05, 3.63) is 84.4 Å². The molecule has 3 aromatic carbocycles. The number of benzene rings is 3. The minimum atomic E-state index is 0.358. The predicted molar refractivity (Wildman–Crippen MR) is 117 cm³/mol. The second kappa shape index (κ2) is 7.16. The number of fused-ring (bicyclic) bond motifs is 3. The van der Waals surface area contributed by atoms with Gasteiger partial charge in [0, 0.05) is 18.0 Å². The molecule has 140 valence electrons. The van der Waals surface area contributed by atoms with E-state index in [1.165, 1.54) is 0 Å². The van der Waals surface area contributed by atoms with Crippen molar-refractivity contribution >= 4 is 34.2 Å². The van der Waals surface area contributed by atoms with Crippen LogP contribution in [-0.4, -0.2) is 26.0 Å². The SMILES string of the molecule is Cn1c2ccccc2c2nnc(N/N=C/c3ccccc3-c3ccccc3)nc21. The average molecular weight is 378 g/mol. The topological polar surface area (TPSA) is 68.0 Å². The first-order valence-corrected chi connectivity index (χ1v) is 9.32. The van der Waals surface area contributed by atoms with Gasteiger partial charge in [-0.25, -0.2) is 5.43 Å². The minimum absolute atomic E-state index is 0.358. The molecule has 0 aliphatic rings. The highest BCUT2D eigenvalue weighted by Gasteiger charge is 2.11. The Bertz CT molecular complexity index is 1340. The van der Waals surface area contributed by atoms with E-state index in [1.54, 1.807) is 6.21 Å². The third-order valence-corrected chi connectivity index (χ3v) is 4.92. The lowest BCUT2D eigenvalue weighted by Crippen LogP contribution is -2.01. The van der Waals surface area contributed by atoms with Crippen molar-refractivity contribution in [2.45, 2.75) is 0 Å². The molecule has 2 aromatic heterocycles. The number of anilines is 1. The van der Waals surface area contributed by atoms with Crippen molar-refractivity contribution in [2.75, 3.05) is 5.43 Å². The maximum atomic E-state index is 4.59. The molecule has 0 unspecified atom stereocenters. The molecule has 5 aromatic rings. The van der Waals surface area contributed by atoms with Gasteiger partial charge in [0.2, 0.25) is 0 Å². The van der Waals surface area contributed by atoms with Gasteiger partial charge < -0.3 is 4.57 Å². The average Bonchev–Trinajstić information content (AvgIpc) is 3.07. The van der Waals surface area contributed by atoms with Crippen molar-refractivity contribution in [3.63, 3.8) is 0 Å². The van der Waals surface area contributed by atoms with Crippen LogP contribution >= 0.6 is 0 Å². The van der Waals surface area contributed by atoms with E-state index in [2.05, 4.69) is 43.9 Å². The van der Waals surface area contributed by atoms with Gasteiger partial charge in [0.05, 0.1) is 11.7 Å². The largest absolute Gasteiger partial charge is 0.327 e. The normalized spacial score (nSPS) is 11.5. The molecule has 0 aliphatic heterocycles. The van der Waals surface area contributed by atoms with Crippen molar-refractivity contribution in [2.24, 2.45) is 12.1 Å². The molecule has 0 fully saturated rings. The third-order valence-electron chi connectivity index (χ3n) is 4.92. The number of nitrogens with zero attached hydrogens (tertiary/aromatic N) is 5. The first-order valence-electron chi connectivity index (χ1n) is 9.32. The van der Waals surface area contributed by atoms with Gasteiger partial charge in [-0.05, 0) is 17.2 Å². The van der Waals surface area contributed by atoms with Crippen molar-refractivity contribution in [1.29, 1.82) is 0 Å². The first-order chi connectivity index (χ1) is 14.3. The van der Waals surface area contributed by atoms with Crippen LogP contribution in [0.1, 0.15) is 5.56 Å². The molecule has 0 radical (unpaired) electrons. The lowest BCUT2D eigenvalue weighted by molar-refractivity contribution is 0.949. The summed E-state index contributed by atoms with van der Waals surface area (Å²) in [6.07, 6.45) is 1.78. The van der Waals surface area contributed by atoms with Crippen LogP contribution in [0.2, 0.25) is 0 Å². The van der Waals surface area contributed by atoms with Crippen LogP contribution in [0.5, 0.6) is 0 Å². The summed E-state index contributed by atoms with van der Waals surface area (Å²) in [5.41, 5.74) is 8.79. The molecule has 0 spiro atoms. The second-order valence-corrected chi connectivity index (χ2v) is 6.71. The molecule has 29 heavy (non-hydrogen) atoms. The van der Waals surface area contributed by atoms with E-state index in [1.807, 2.05) is 72.3 Å². The minimum Gasteiger partial charge on any atom is -0.327 e. The van der Waals surface area contributed by atoms with Gasteiger partial charge >= 0.3 is 0 Å². The molecule has 0 bridgehead atoms. The summed E-state index contributed by atoms with van der Waals surface area (Å²) in [6.45, 7) is 0. The highest BCUT2D eigenvalue weighted by Crippen LogP contribution is 2.25. The maximum Gasteiger partial charge on any atom is 0.265 e. The van der Waals surface area contributed by atoms with Gasteiger partial charge in [-0.1, -0.05) is 72.8 Å². The third kappa shape index (κ3) is 3.10. The molecule has 6 heteroatoms. The Morgan fingerprint density at radius 3 is 2.52 bits per heavy atom. The fraction of sp³-hybridized carbons (Fsp3) is 0.0435. The summed E-state index contributed by atoms with van der Waals surface area (Å²) >= 11 is 0. The number of hydrogen-bond donors (Lipinski definition) is 1. The molecule has 1 N–H and O–H groups in total. The van der Waals surface area contributed by atoms with Crippen LogP contribution < -0.4 is 5.43 Å². The Kier molecular flexibility index (Phi) is 4.22. The van der Waals surface area contributed by atoms with E-state index < -0.39 is 0 Å². The van der Waals surface area contributed by atoms with Gasteiger partial charge in [0.25, 0.3) is 5.95 Å². The van der Waals surface area contributed by atoms with Gasteiger partial charge in [-0.2, -0.15) is 10.1 Å². The number of rotatable bonds is 4. The lowest BCUT2D eigenvalue weighted by Gasteiger charge is -2.05. The fourth-order valence-corrected chi connectivity index (χ4v) is 3.50. The summed E-state index contributed by atoms with van der Waals surface area (Å²) in [4.78, 5) is 4.59. The number of aromatic nitrogens is 4. The Morgan fingerprint density at radius 2 is 1.62 bits per heavy atom. The van der Waals surface area contributed by atoms with Crippen LogP contribution in [0.3, 0.4) is 0 Å². The monoisotopic (exact) mass is 378 g/mol. The summed E-state index contributed by atoms with van der Waals surface area (Å²) in [7, 11) is 1.97. The Balaban J connectivity index is 1.45. The lowest BCUT2D eigenvalue weighted by atomic mass is 10.0. The first kappa shape index (κ1) is 17.1. The van der Waals surface area contributed by atoms with E-state index in [0.29, 0.717) is 5.95 Å². The molecule has 0 saturated heterocycles. The van der Waals surface area contributed by atoms with Crippen LogP contribution in [0, 0.1) is 0 Å². The zero-order valence-corrected chi connectivity index (χ0v) is 15.8. The summed E-state index contributed by atoms with van der Waals surface area (Å²) in [5, 5.41) is 13.9. The Hall–Kier alpha value is -4.06. The number of hydrogen-bond acceptors (Lipinski definition) is 5. The summed E-state index contributed by atoms with van der Waals surface area (Å²) in [6, 6.07) is 26.4. The van der Waals surface area contributed by atoms with Gasteiger partial charge in [0.15, 0.2) is 5.65 Å². The predicted octanol–water partition coefficient (Wildman–Crippen LogP) is 4.63. The van der Waals surface area contributed by atoms with Crippen LogP contribution in [0.4, 0.5) is 5.95 Å². The molecule has 0 saturated carbocycles. The molecule has 0 aliphatic carbocycles. The maximum absolute atomic E-state index is 4.59. The Morgan fingerprint density at radius 1 is 0.862 bits per heavy atom. The van der Waals surface area contributed by atoms with E-state index in [-0.39, 0.29) is 0 Å². The number of aryl methyl sites for hydroxylation is 1. The summed E-state index contributed by atoms with van der Waals surface area (Å²) in [5.74, 6) is 0.358. The summed E-state index contributed by atoms with van der Waals surface area (Å²) < 4.78 is 2.01. The standard InChI is InChI=1S/C23H18N6/c1-29-20-14-8-7-13-19(20)21-22(29)25-23(28-26-21)27-24-15-17-11-5-6-12-18(17)16-9-3-2-4-10-16/h2-15H,1H3,(H,25,27,28)/b24-15+. The Labute approximate surface area is 167 Å². The fourth-order valence-electron chi connectivity index (χ4n) is 3.50. The molecule has 0 amide bonds. The molecular weight excluding hydrogens is 360 g/mol. The number of nitrogens with one attached hydrogen (secondary N) is 1. The highest BCUT2D eigenvalue weighted by molar-refractivity contribution is 6.04. The van der Waals surface area contributed by atoms with Crippen molar-refractivity contribution in [1.82, 2.24) is 19.7 Å². The van der Waals surface area contributed by atoms with E-state index in [9.17, 15) is 0 Å². The van der Waals surface area contributed by atoms with Crippen LogP contribution in [-0.2, 0) is 7.05 Å².